The lowest BCUT2D eigenvalue weighted by atomic mass is 10.3. The molecule has 0 radical (unpaired) electrons. The Kier molecular flexibility index (Phi) is 3.77. The minimum Gasteiger partial charge on any atom is -0.336 e. The van der Waals surface area contributed by atoms with E-state index in [1.165, 1.54) is 18.2 Å². The zero-order valence-electron chi connectivity index (χ0n) is 11.7. The van der Waals surface area contributed by atoms with Crippen molar-refractivity contribution < 1.29 is 4.39 Å². The summed E-state index contributed by atoms with van der Waals surface area (Å²) < 4.78 is 14.8. The fraction of sp³-hybridized carbons (Fsp3) is 0.133. The second-order valence-corrected chi connectivity index (χ2v) is 5.04. The number of aromatic nitrogens is 3. The summed E-state index contributed by atoms with van der Waals surface area (Å²) in [6.07, 6.45) is 3.21. The monoisotopic (exact) mass is 318 g/mol. The quantitative estimate of drug-likeness (QED) is 0.804. The van der Waals surface area contributed by atoms with E-state index in [4.69, 9.17) is 11.6 Å². The summed E-state index contributed by atoms with van der Waals surface area (Å²) >= 11 is 5.75. The third-order valence-corrected chi connectivity index (χ3v) is 3.54. The number of hydrogen-bond acceptors (Lipinski definition) is 4. The van der Waals surface area contributed by atoms with Crippen LogP contribution in [0, 0.1) is 5.82 Å². The van der Waals surface area contributed by atoms with E-state index >= 15 is 0 Å². The summed E-state index contributed by atoms with van der Waals surface area (Å²) in [6, 6.07) is 5.86. The van der Waals surface area contributed by atoms with Gasteiger partial charge in [0.1, 0.15) is 5.82 Å². The Morgan fingerprint density at radius 1 is 1.36 bits per heavy atom. The molecular formula is C15H12ClFN4O. The Morgan fingerprint density at radius 3 is 2.91 bits per heavy atom. The van der Waals surface area contributed by atoms with E-state index in [0.29, 0.717) is 23.3 Å². The molecule has 0 unspecified atom stereocenters. The summed E-state index contributed by atoms with van der Waals surface area (Å²) in [7, 11) is 0. The van der Waals surface area contributed by atoms with Crippen molar-refractivity contribution in [1.29, 1.82) is 0 Å². The van der Waals surface area contributed by atoms with E-state index in [0.717, 1.165) is 0 Å². The van der Waals surface area contributed by atoms with E-state index in [1.54, 1.807) is 23.0 Å². The molecule has 0 aliphatic rings. The fourth-order valence-corrected chi connectivity index (χ4v) is 2.37. The summed E-state index contributed by atoms with van der Waals surface area (Å²) in [6.45, 7) is 2.36. The fourth-order valence-electron chi connectivity index (χ4n) is 2.19. The molecule has 3 aromatic rings. The number of nitrogens with one attached hydrogen (secondary N) is 1. The Morgan fingerprint density at radius 2 is 2.18 bits per heavy atom. The van der Waals surface area contributed by atoms with E-state index < -0.39 is 5.82 Å². The number of anilines is 2. The van der Waals surface area contributed by atoms with Gasteiger partial charge < -0.3 is 9.88 Å². The molecule has 0 atom stereocenters. The van der Waals surface area contributed by atoms with Gasteiger partial charge >= 0.3 is 0 Å². The number of rotatable bonds is 3. The first-order valence-corrected chi connectivity index (χ1v) is 7.04. The topological polar surface area (TPSA) is 59.8 Å². The zero-order valence-corrected chi connectivity index (χ0v) is 12.4. The van der Waals surface area contributed by atoms with Crippen LogP contribution in [0.5, 0.6) is 0 Å². The van der Waals surface area contributed by atoms with Crippen LogP contribution in [0.2, 0.25) is 5.02 Å². The summed E-state index contributed by atoms with van der Waals surface area (Å²) in [5.41, 5.74) is 1.53. The van der Waals surface area contributed by atoms with Crippen LogP contribution in [0.15, 0.2) is 41.5 Å². The highest BCUT2D eigenvalue weighted by Gasteiger charge is 2.11. The molecule has 0 aliphatic carbocycles. The van der Waals surface area contributed by atoms with Gasteiger partial charge in [0.2, 0.25) is 0 Å². The van der Waals surface area contributed by atoms with Gasteiger partial charge in [0.15, 0.2) is 5.82 Å². The van der Waals surface area contributed by atoms with Crippen molar-refractivity contribution >= 4 is 34.1 Å². The van der Waals surface area contributed by atoms with Gasteiger partial charge in [-0.2, -0.15) is 0 Å². The molecule has 7 heteroatoms. The lowest BCUT2D eigenvalue weighted by Crippen LogP contribution is -2.24. The number of hydrogen-bond donors (Lipinski definition) is 1. The largest absolute Gasteiger partial charge is 0.336 e. The molecule has 0 aliphatic heterocycles. The van der Waals surface area contributed by atoms with Crippen LogP contribution in [0.3, 0.4) is 0 Å². The van der Waals surface area contributed by atoms with Crippen molar-refractivity contribution in [3.05, 3.63) is 57.9 Å². The summed E-state index contributed by atoms with van der Waals surface area (Å²) in [4.78, 5) is 20.8. The van der Waals surface area contributed by atoms with E-state index in [1.807, 2.05) is 6.92 Å². The minimum atomic E-state index is -0.518. The van der Waals surface area contributed by atoms with Crippen LogP contribution in [-0.4, -0.2) is 14.5 Å². The number of pyridine rings is 1. The number of fused-ring (bicyclic) bond motifs is 1. The summed E-state index contributed by atoms with van der Waals surface area (Å²) in [5, 5.41) is 2.87. The van der Waals surface area contributed by atoms with Gasteiger partial charge in [-0.1, -0.05) is 11.6 Å². The van der Waals surface area contributed by atoms with Gasteiger partial charge in [-0.15, -0.1) is 0 Å². The molecule has 2 aromatic heterocycles. The molecule has 0 amide bonds. The normalized spacial score (nSPS) is 10.9. The molecule has 0 spiro atoms. The molecular weight excluding hydrogens is 307 g/mol. The molecule has 2 heterocycles. The second-order valence-electron chi connectivity index (χ2n) is 4.63. The highest BCUT2D eigenvalue weighted by Crippen LogP contribution is 2.21. The molecule has 1 N–H and O–H groups in total. The molecule has 0 saturated heterocycles. The molecule has 22 heavy (non-hydrogen) atoms. The number of aryl methyl sites for hydroxylation is 1. The van der Waals surface area contributed by atoms with Crippen LogP contribution in [0.1, 0.15) is 6.92 Å². The maximum Gasteiger partial charge on any atom is 0.294 e. The predicted molar refractivity (Wildman–Crippen MR) is 84.2 cm³/mol. The summed E-state index contributed by atoms with van der Waals surface area (Å²) in [5.74, 6) is -0.362. The lowest BCUT2D eigenvalue weighted by Gasteiger charge is -2.11. The third kappa shape index (κ3) is 2.53. The number of benzene rings is 1. The minimum absolute atomic E-state index is 0.0224. The molecule has 0 fully saturated rings. The van der Waals surface area contributed by atoms with Gasteiger partial charge in [-0.05, 0) is 31.2 Å². The second kappa shape index (κ2) is 5.73. The van der Waals surface area contributed by atoms with Crippen molar-refractivity contribution in [2.45, 2.75) is 13.5 Å². The van der Waals surface area contributed by atoms with E-state index in [-0.39, 0.29) is 16.4 Å². The smallest absolute Gasteiger partial charge is 0.294 e. The Bertz CT molecular complexity index is 910. The van der Waals surface area contributed by atoms with Gasteiger partial charge in [-0.25, -0.2) is 9.37 Å². The molecule has 5 nitrogen and oxygen atoms in total. The first kappa shape index (κ1) is 14.5. The average molecular weight is 319 g/mol. The van der Waals surface area contributed by atoms with Crippen LogP contribution >= 0.6 is 11.6 Å². The Hall–Kier alpha value is -2.47. The van der Waals surface area contributed by atoms with Gasteiger partial charge in [0.05, 0.1) is 22.3 Å². The third-order valence-electron chi connectivity index (χ3n) is 3.25. The van der Waals surface area contributed by atoms with Crippen molar-refractivity contribution in [2.24, 2.45) is 0 Å². The predicted octanol–water partition coefficient (Wildman–Crippen LogP) is 3.35. The highest BCUT2D eigenvalue weighted by molar-refractivity contribution is 6.31. The maximum atomic E-state index is 13.2. The molecule has 0 saturated carbocycles. The van der Waals surface area contributed by atoms with Crippen LogP contribution in [-0.2, 0) is 6.54 Å². The first-order valence-electron chi connectivity index (χ1n) is 6.66. The van der Waals surface area contributed by atoms with Crippen molar-refractivity contribution in [1.82, 2.24) is 14.5 Å². The Labute approximate surface area is 130 Å². The van der Waals surface area contributed by atoms with Crippen molar-refractivity contribution in [3.63, 3.8) is 0 Å². The van der Waals surface area contributed by atoms with Crippen molar-refractivity contribution in [3.8, 4) is 0 Å². The standard InChI is InChI=1S/C15H12ClFN4O/c1-2-21-13-8-18-6-5-12(13)20-14(15(21)22)19-9-3-4-11(17)10(16)7-9/h3-8H,2H2,1H3,(H,19,20). The molecule has 1 aromatic carbocycles. The van der Waals surface area contributed by atoms with Crippen LogP contribution in [0.4, 0.5) is 15.9 Å². The molecule has 112 valence electrons. The number of nitrogens with zero attached hydrogens (tertiary/aromatic N) is 3. The zero-order chi connectivity index (χ0) is 15.7. The van der Waals surface area contributed by atoms with Crippen LogP contribution < -0.4 is 10.9 Å². The highest BCUT2D eigenvalue weighted by atomic mass is 35.5. The van der Waals surface area contributed by atoms with Crippen molar-refractivity contribution in [2.75, 3.05) is 5.32 Å². The number of halogens is 2. The van der Waals surface area contributed by atoms with Gasteiger partial charge in [-0.3, -0.25) is 9.78 Å². The van der Waals surface area contributed by atoms with Gasteiger partial charge in [0.25, 0.3) is 5.56 Å². The maximum absolute atomic E-state index is 13.2. The first-order chi connectivity index (χ1) is 10.6. The van der Waals surface area contributed by atoms with Gasteiger partial charge in [0, 0.05) is 18.4 Å². The van der Waals surface area contributed by atoms with Crippen LogP contribution in [0.25, 0.3) is 11.0 Å². The lowest BCUT2D eigenvalue weighted by molar-refractivity contribution is 0.628. The van der Waals surface area contributed by atoms with E-state index in [9.17, 15) is 9.18 Å². The van der Waals surface area contributed by atoms with E-state index in [2.05, 4.69) is 15.3 Å². The SMILES string of the molecule is CCn1c(=O)c(Nc2ccc(F)c(Cl)c2)nc2ccncc21. The average Bonchev–Trinajstić information content (AvgIpc) is 2.52. The Balaban J connectivity index is 2.12. The molecule has 3 rings (SSSR count). The molecule has 0 bridgehead atoms.